The number of hydrogen-bond donors (Lipinski definition) is 2. The summed E-state index contributed by atoms with van der Waals surface area (Å²) >= 11 is 6.58. The molecule has 0 saturated heterocycles. The lowest BCUT2D eigenvalue weighted by Gasteiger charge is -2.14. The highest BCUT2D eigenvalue weighted by Crippen LogP contribution is 2.26. The summed E-state index contributed by atoms with van der Waals surface area (Å²) in [7, 11) is 0. The second-order valence-electron chi connectivity index (χ2n) is 3.64. The van der Waals surface area contributed by atoms with E-state index in [4.69, 9.17) is 22.7 Å². The fourth-order valence-corrected chi connectivity index (χ4v) is 2.46. The normalized spacial score (nSPS) is 10.7. The van der Waals surface area contributed by atoms with Crippen molar-refractivity contribution in [3.63, 3.8) is 0 Å². The van der Waals surface area contributed by atoms with E-state index in [1.54, 1.807) is 11.8 Å². The Morgan fingerprint density at radius 2 is 2.26 bits per heavy atom. The molecule has 1 rings (SSSR count). The van der Waals surface area contributed by atoms with Crippen LogP contribution in [0.25, 0.3) is 0 Å². The van der Waals surface area contributed by atoms with Crippen LogP contribution in [0.1, 0.15) is 5.56 Å². The Hall–Kier alpha value is -0.920. The van der Waals surface area contributed by atoms with E-state index in [9.17, 15) is 8.78 Å². The molecule has 0 radical (unpaired) electrons. The third-order valence-electron chi connectivity index (χ3n) is 2.30. The summed E-state index contributed by atoms with van der Waals surface area (Å²) in [4.78, 5) is 1.28. The molecule has 1 aromatic rings. The first-order chi connectivity index (χ1) is 9.06. The Morgan fingerprint density at radius 3 is 2.84 bits per heavy atom. The molecule has 7 heteroatoms. The van der Waals surface area contributed by atoms with Gasteiger partial charge in [0.2, 0.25) is 0 Å². The van der Waals surface area contributed by atoms with Crippen molar-refractivity contribution >= 4 is 34.7 Å². The van der Waals surface area contributed by atoms with Crippen molar-refractivity contribution in [1.82, 2.24) is 0 Å². The minimum Gasteiger partial charge on any atom is -0.389 e. The van der Waals surface area contributed by atoms with Gasteiger partial charge in [0.1, 0.15) is 11.6 Å². The molecule has 0 amide bonds. The predicted molar refractivity (Wildman–Crippen MR) is 79.4 cm³/mol. The average molecular weight is 306 g/mol. The van der Waals surface area contributed by atoms with Gasteiger partial charge in [-0.3, -0.25) is 0 Å². The van der Waals surface area contributed by atoms with E-state index in [1.165, 1.54) is 0 Å². The van der Waals surface area contributed by atoms with Gasteiger partial charge in [-0.15, -0.1) is 11.8 Å². The Balaban J connectivity index is 2.60. The van der Waals surface area contributed by atoms with E-state index < -0.39 is 13.0 Å². The van der Waals surface area contributed by atoms with Crippen molar-refractivity contribution in [2.45, 2.75) is 11.3 Å². The molecule has 0 heterocycles. The number of halogens is 2. The Labute approximate surface area is 120 Å². The van der Waals surface area contributed by atoms with E-state index in [1.807, 2.05) is 24.5 Å². The minimum absolute atomic E-state index is 0.199. The summed E-state index contributed by atoms with van der Waals surface area (Å²) < 4.78 is 28.5. The molecule has 106 valence electrons. The third-order valence-corrected chi connectivity index (χ3v) is 3.28. The number of hydrogen-bond acceptors (Lipinski definition) is 4. The number of thioether (sulfide) groups is 1. The number of anilines is 1. The molecule has 0 fully saturated rings. The topological polar surface area (TPSA) is 47.3 Å². The summed E-state index contributed by atoms with van der Waals surface area (Å²) in [5.41, 5.74) is 7.28. The van der Waals surface area contributed by atoms with Crippen molar-refractivity contribution < 1.29 is 13.5 Å². The molecule has 1 aromatic carbocycles. The third kappa shape index (κ3) is 5.30. The van der Waals surface area contributed by atoms with E-state index >= 15 is 0 Å². The van der Waals surface area contributed by atoms with Gasteiger partial charge < -0.3 is 15.8 Å². The van der Waals surface area contributed by atoms with Crippen LogP contribution in [-0.4, -0.2) is 37.4 Å². The number of alkyl halides is 2. The number of benzene rings is 1. The predicted octanol–water partition coefficient (Wildman–Crippen LogP) is 2.74. The maximum absolute atomic E-state index is 11.9. The first kappa shape index (κ1) is 16.1. The van der Waals surface area contributed by atoms with Gasteiger partial charge in [-0.1, -0.05) is 18.3 Å². The van der Waals surface area contributed by atoms with Crippen molar-refractivity contribution in [3.05, 3.63) is 23.8 Å². The van der Waals surface area contributed by atoms with Crippen LogP contribution in [0.3, 0.4) is 0 Å². The van der Waals surface area contributed by atoms with Crippen LogP contribution < -0.4 is 11.1 Å². The maximum Gasteiger partial charge on any atom is 0.261 e. The molecule has 0 bridgehead atoms. The van der Waals surface area contributed by atoms with Crippen LogP contribution in [0.4, 0.5) is 14.5 Å². The van der Waals surface area contributed by atoms with Crippen molar-refractivity contribution in [1.29, 1.82) is 0 Å². The van der Waals surface area contributed by atoms with Crippen LogP contribution in [0.15, 0.2) is 23.1 Å². The Morgan fingerprint density at radius 1 is 1.53 bits per heavy atom. The van der Waals surface area contributed by atoms with Gasteiger partial charge in [-0.25, -0.2) is 8.78 Å². The van der Waals surface area contributed by atoms with E-state index in [-0.39, 0.29) is 6.61 Å². The number of rotatable bonds is 8. The monoisotopic (exact) mass is 306 g/mol. The zero-order valence-electron chi connectivity index (χ0n) is 10.5. The van der Waals surface area contributed by atoms with Gasteiger partial charge in [-0.05, 0) is 18.4 Å². The summed E-state index contributed by atoms with van der Waals surface area (Å²) in [6.07, 6.45) is -0.501. The highest BCUT2D eigenvalue weighted by atomic mass is 32.2. The first-order valence-electron chi connectivity index (χ1n) is 5.62. The number of thiocarbonyl (C=S) groups is 1. The van der Waals surface area contributed by atoms with Crippen molar-refractivity contribution in [3.8, 4) is 0 Å². The zero-order chi connectivity index (χ0) is 14.3. The van der Waals surface area contributed by atoms with Crippen molar-refractivity contribution in [2.75, 3.05) is 31.3 Å². The molecule has 3 N–H and O–H groups in total. The molecule has 19 heavy (non-hydrogen) atoms. The molecule has 0 aromatic heterocycles. The maximum atomic E-state index is 11.9. The molecule has 0 atom stereocenters. The number of ether oxygens (including phenoxy) is 1. The molecule has 0 spiro atoms. The fourth-order valence-electron chi connectivity index (χ4n) is 1.53. The summed E-state index contributed by atoms with van der Waals surface area (Å²) in [5, 5.41) is 3.09. The first-order valence-corrected chi connectivity index (χ1v) is 7.26. The van der Waals surface area contributed by atoms with Gasteiger partial charge in [0.25, 0.3) is 6.43 Å². The van der Waals surface area contributed by atoms with Gasteiger partial charge in [0, 0.05) is 22.7 Å². The van der Waals surface area contributed by atoms with Gasteiger partial charge in [-0.2, -0.15) is 0 Å². The van der Waals surface area contributed by atoms with Crippen LogP contribution in [0, 0.1) is 0 Å². The highest BCUT2D eigenvalue weighted by molar-refractivity contribution is 7.98. The lowest BCUT2D eigenvalue weighted by molar-refractivity contribution is 0.0215. The average Bonchev–Trinajstić information content (AvgIpc) is 2.37. The quantitative estimate of drug-likeness (QED) is 0.439. The number of nitrogens with two attached hydrogens (primary N) is 1. The molecule has 0 aliphatic heterocycles. The molecule has 0 aliphatic rings. The summed E-state index contributed by atoms with van der Waals surface area (Å²) in [5.74, 6) is 0. The Kier molecular flexibility index (Phi) is 7.04. The van der Waals surface area contributed by atoms with Crippen LogP contribution in [-0.2, 0) is 4.74 Å². The van der Waals surface area contributed by atoms with Crippen LogP contribution in [0.5, 0.6) is 0 Å². The number of nitrogens with one attached hydrogen (secondary N) is 1. The molecule has 0 aliphatic carbocycles. The van der Waals surface area contributed by atoms with Gasteiger partial charge in [0.15, 0.2) is 0 Å². The molecular weight excluding hydrogens is 290 g/mol. The standard InChI is InChI=1S/C12H16F2N2OS2/c1-19-9-4-2-3-8(11(9)12(15)18)16-5-6-17-7-10(13)14/h2-4,10,16H,5-7H2,1H3,(H2,15,18). The second-order valence-corrected chi connectivity index (χ2v) is 4.93. The SMILES string of the molecule is CSc1cccc(NCCOCC(F)F)c1C(N)=S. The van der Waals surface area contributed by atoms with E-state index in [2.05, 4.69) is 5.32 Å². The van der Waals surface area contributed by atoms with Crippen LogP contribution >= 0.6 is 24.0 Å². The van der Waals surface area contributed by atoms with E-state index in [0.29, 0.717) is 11.5 Å². The molecule has 3 nitrogen and oxygen atoms in total. The van der Waals surface area contributed by atoms with Crippen molar-refractivity contribution in [2.24, 2.45) is 5.73 Å². The Bertz CT molecular complexity index is 430. The van der Waals surface area contributed by atoms with Gasteiger partial charge >= 0.3 is 0 Å². The van der Waals surface area contributed by atoms with Gasteiger partial charge in [0.05, 0.1) is 6.61 Å². The second kappa shape index (κ2) is 8.29. The van der Waals surface area contributed by atoms with E-state index in [0.717, 1.165) is 16.1 Å². The summed E-state index contributed by atoms with van der Waals surface area (Å²) in [6.45, 7) is 0.0689. The zero-order valence-corrected chi connectivity index (χ0v) is 12.1. The molecule has 0 unspecified atom stereocenters. The fraction of sp³-hybridized carbons (Fsp3) is 0.417. The molecule has 0 saturated carbocycles. The van der Waals surface area contributed by atoms with Crippen LogP contribution in [0.2, 0.25) is 0 Å². The smallest absolute Gasteiger partial charge is 0.261 e. The minimum atomic E-state index is -2.44. The molecular formula is C12H16F2N2OS2. The summed E-state index contributed by atoms with van der Waals surface area (Å²) in [6, 6.07) is 5.66. The largest absolute Gasteiger partial charge is 0.389 e. The lowest BCUT2D eigenvalue weighted by atomic mass is 10.1. The lowest BCUT2D eigenvalue weighted by Crippen LogP contribution is -2.17. The highest BCUT2D eigenvalue weighted by Gasteiger charge is 2.10.